The molecule has 0 saturated carbocycles. The zero-order valence-corrected chi connectivity index (χ0v) is 11.8. The molecule has 0 spiro atoms. The predicted molar refractivity (Wildman–Crippen MR) is 80.5 cm³/mol. The summed E-state index contributed by atoms with van der Waals surface area (Å²) in [4.78, 5) is 4.28. The Bertz CT molecular complexity index is 780. The van der Waals surface area contributed by atoms with E-state index in [1.165, 1.54) is 0 Å². The largest absolute Gasteiger partial charge is 0.369 e. The van der Waals surface area contributed by atoms with Crippen LogP contribution in [0.5, 0.6) is 0 Å². The van der Waals surface area contributed by atoms with Crippen LogP contribution in [0.2, 0.25) is 15.1 Å². The van der Waals surface area contributed by atoms with Gasteiger partial charge in [-0.05, 0) is 30.3 Å². The van der Waals surface area contributed by atoms with Gasteiger partial charge in [-0.2, -0.15) is 0 Å². The average Bonchev–Trinajstić information content (AvgIpc) is 2.65. The lowest BCUT2D eigenvalue weighted by atomic mass is 10.3. The molecular formula is C13H8Cl3N3. The predicted octanol–water partition coefficient (Wildman–Crippen LogP) is 4.57. The van der Waals surface area contributed by atoms with Crippen LogP contribution in [0.15, 0.2) is 36.4 Å². The third-order valence-corrected chi connectivity index (χ3v) is 3.75. The van der Waals surface area contributed by atoms with E-state index < -0.39 is 0 Å². The summed E-state index contributed by atoms with van der Waals surface area (Å²) in [6.45, 7) is 0. The molecule has 0 radical (unpaired) electrons. The Morgan fingerprint density at radius 2 is 1.74 bits per heavy atom. The summed E-state index contributed by atoms with van der Waals surface area (Å²) >= 11 is 18.0. The van der Waals surface area contributed by atoms with Crippen LogP contribution in [0, 0.1) is 0 Å². The lowest BCUT2D eigenvalue weighted by Gasteiger charge is -2.07. The summed E-state index contributed by atoms with van der Waals surface area (Å²) in [6.07, 6.45) is 0. The molecule has 0 aliphatic carbocycles. The van der Waals surface area contributed by atoms with E-state index in [1.807, 2.05) is 18.2 Å². The highest BCUT2D eigenvalue weighted by atomic mass is 35.5. The molecule has 0 saturated heterocycles. The molecule has 1 aromatic heterocycles. The number of hydrogen-bond donors (Lipinski definition) is 1. The molecule has 3 nitrogen and oxygen atoms in total. The van der Waals surface area contributed by atoms with Crippen molar-refractivity contribution < 1.29 is 0 Å². The minimum absolute atomic E-state index is 0.357. The van der Waals surface area contributed by atoms with Gasteiger partial charge in [0.2, 0.25) is 5.95 Å². The maximum Gasteiger partial charge on any atom is 0.205 e. The monoisotopic (exact) mass is 311 g/mol. The van der Waals surface area contributed by atoms with E-state index in [0.717, 1.165) is 11.2 Å². The molecule has 0 aliphatic rings. The molecule has 1 heterocycles. The van der Waals surface area contributed by atoms with Crippen molar-refractivity contribution in [2.24, 2.45) is 0 Å². The average molecular weight is 313 g/mol. The van der Waals surface area contributed by atoms with Crippen molar-refractivity contribution in [3.8, 4) is 5.69 Å². The van der Waals surface area contributed by atoms with Gasteiger partial charge in [0.1, 0.15) is 0 Å². The highest BCUT2D eigenvalue weighted by molar-refractivity contribution is 6.42. The smallest absolute Gasteiger partial charge is 0.205 e. The Balaban J connectivity index is 2.34. The van der Waals surface area contributed by atoms with Gasteiger partial charge in [0.25, 0.3) is 0 Å². The van der Waals surface area contributed by atoms with Crippen LogP contribution in [0.4, 0.5) is 5.95 Å². The van der Waals surface area contributed by atoms with Crippen LogP contribution in [0.1, 0.15) is 0 Å². The fourth-order valence-electron chi connectivity index (χ4n) is 1.98. The van der Waals surface area contributed by atoms with Crippen LogP contribution in [-0.4, -0.2) is 9.55 Å². The molecule has 96 valence electrons. The topological polar surface area (TPSA) is 43.8 Å². The van der Waals surface area contributed by atoms with E-state index in [1.54, 1.807) is 22.8 Å². The number of halogens is 3. The lowest BCUT2D eigenvalue weighted by molar-refractivity contribution is 1.11. The van der Waals surface area contributed by atoms with Crippen molar-refractivity contribution in [1.82, 2.24) is 9.55 Å². The summed E-state index contributed by atoms with van der Waals surface area (Å²) in [5.41, 5.74) is 8.26. The third kappa shape index (κ3) is 2.14. The Labute approximate surface area is 124 Å². The van der Waals surface area contributed by atoms with E-state index in [2.05, 4.69) is 4.98 Å². The zero-order chi connectivity index (χ0) is 13.6. The highest BCUT2D eigenvalue weighted by Gasteiger charge is 2.12. The van der Waals surface area contributed by atoms with Gasteiger partial charge in [-0.15, -0.1) is 0 Å². The number of rotatable bonds is 1. The van der Waals surface area contributed by atoms with E-state index >= 15 is 0 Å². The summed E-state index contributed by atoms with van der Waals surface area (Å²) in [6, 6.07) is 10.8. The molecule has 3 aromatic rings. The van der Waals surface area contributed by atoms with Crippen molar-refractivity contribution in [2.45, 2.75) is 0 Å². The van der Waals surface area contributed by atoms with Gasteiger partial charge < -0.3 is 5.73 Å². The molecule has 0 fully saturated rings. The molecule has 2 aromatic carbocycles. The van der Waals surface area contributed by atoms with Crippen LogP contribution >= 0.6 is 34.8 Å². The number of nitrogen functional groups attached to an aromatic ring is 1. The normalized spacial score (nSPS) is 11.1. The van der Waals surface area contributed by atoms with Gasteiger partial charge in [0.05, 0.1) is 26.8 Å². The maximum atomic E-state index is 6.05. The van der Waals surface area contributed by atoms with E-state index in [9.17, 15) is 0 Å². The van der Waals surface area contributed by atoms with Crippen LogP contribution in [0.3, 0.4) is 0 Å². The van der Waals surface area contributed by atoms with E-state index in [4.69, 9.17) is 40.5 Å². The van der Waals surface area contributed by atoms with Gasteiger partial charge in [-0.1, -0.05) is 40.9 Å². The van der Waals surface area contributed by atoms with Crippen LogP contribution in [-0.2, 0) is 0 Å². The lowest BCUT2D eigenvalue weighted by Crippen LogP contribution is -2.00. The van der Waals surface area contributed by atoms with Gasteiger partial charge in [-0.3, -0.25) is 4.57 Å². The number of anilines is 1. The first-order valence-corrected chi connectivity index (χ1v) is 6.58. The van der Waals surface area contributed by atoms with Crippen LogP contribution < -0.4 is 5.73 Å². The first kappa shape index (κ1) is 12.6. The number of hydrogen-bond acceptors (Lipinski definition) is 2. The van der Waals surface area contributed by atoms with Gasteiger partial charge in [-0.25, -0.2) is 4.98 Å². The summed E-state index contributed by atoms with van der Waals surface area (Å²) < 4.78 is 1.78. The highest BCUT2D eigenvalue weighted by Crippen LogP contribution is 2.31. The molecule has 0 amide bonds. The van der Waals surface area contributed by atoms with E-state index in [-0.39, 0.29) is 0 Å². The fourth-order valence-corrected chi connectivity index (χ4v) is 2.48. The number of nitrogens with zero attached hydrogens (tertiary/aromatic N) is 2. The number of aromatic nitrogens is 2. The Morgan fingerprint density at radius 3 is 2.47 bits per heavy atom. The standard InChI is InChI=1S/C13H8Cl3N3/c14-7-2-1-3-8(4-7)19-12-6-10(16)9(15)5-11(12)18-13(19)17/h1-6H,(H2,17,18). The zero-order valence-electron chi connectivity index (χ0n) is 9.57. The number of fused-ring (bicyclic) bond motifs is 1. The van der Waals surface area contributed by atoms with Crippen LogP contribution in [0.25, 0.3) is 16.7 Å². The summed E-state index contributed by atoms with van der Waals surface area (Å²) in [5.74, 6) is 0.357. The molecular weight excluding hydrogens is 305 g/mol. The van der Waals surface area contributed by atoms with Gasteiger partial charge in [0.15, 0.2) is 0 Å². The van der Waals surface area contributed by atoms with Crippen molar-refractivity contribution in [2.75, 3.05) is 5.73 Å². The number of nitrogens with two attached hydrogens (primary N) is 1. The molecule has 0 aliphatic heterocycles. The molecule has 2 N–H and O–H groups in total. The number of benzene rings is 2. The van der Waals surface area contributed by atoms with Crippen molar-refractivity contribution in [3.05, 3.63) is 51.5 Å². The molecule has 19 heavy (non-hydrogen) atoms. The first-order valence-electron chi connectivity index (χ1n) is 5.45. The minimum atomic E-state index is 0.357. The minimum Gasteiger partial charge on any atom is -0.369 e. The Hall–Kier alpha value is -1.42. The molecule has 0 bridgehead atoms. The Morgan fingerprint density at radius 1 is 1.00 bits per heavy atom. The molecule has 0 unspecified atom stereocenters. The Kier molecular flexibility index (Phi) is 3.05. The third-order valence-electron chi connectivity index (χ3n) is 2.79. The second-order valence-corrected chi connectivity index (χ2v) is 5.29. The number of imidazole rings is 1. The van der Waals surface area contributed by atoms with Gasteiger partial charge in [0, 0.05) is 5.02 Å². The quantitative estimate of drug-likeness (QED) is 0.715. The van der Waals surface area contributed by atoms with Crippen molar-refractivity contribution in [1.29, 1.82) is 0 Å². The molecule has 6 heteroatoms. The first-order chi connectivity index (χ1) is 9.06. The second-order valence-electron chi connectivity index (χ2n) is 4.04. The summed E-state index contributed by atoms with van der Waals surface area (Å²) in [7, 11) is 0. The maximum absolute atomic E-state index is 6.05. The summed E-state index contributed by atoms with van der Waals surface area (Å²) in [5, 5.41) is 1.53. The van der Waals surface area contributed by atoms with Gasteiger partial charge >= 0.3 is 0 Å². The van der Waals surface area contributed by atoms with E-state index in [0.29, 0.717) is 26.5 Å². The second kappa shape index (κ2) is 4.60. The fraction of sp³-hybridized carbons (Fsp3) is 0. The van der Waals surface area contributed by atoms with Crippen molar-refractivity contribution in [3.63, 3.8) is 0 Å². The molecule has 3 rings (SSSR count). The SMILES string of the molecule is Nc1nc2cc(Cl)c(Cl)cc2n1-c1cccc(Cl)c1. The molecule has 0 atom stereocenters. The van der Waals surface area contributed by atoms with Crippen molar-refractivity contribution >= 4 is 51.8 Å².